The Morgan fingerprint density at radius 3 is 2.84 bits per heavy atom. The summed E-state index contributed by atoms with van der Waals surface area (Å²) in [5.74, 6) is 0.718. The summed E-state index contributed by atoms with van der Waals surface area (Å²) in [6.07, 6.45) is 4.01. The lowest BCUT2D eigenvalue weighted by Gasteiger charge is -2.25. The van der Waals surface area contributed by atoms with Crippen LogP contribution in [0, 0.1) is 23.6 Å². The number of hydrogen-bond donors (Lipinski definition) is 2. The Kier molecular flexibility index (Phi) is 6.07. The van der Waals surface area contributed by atoms with Gasteiger partial charge in [0.1, 0.15) is 11.6 Å². The first kappa shape index (κ1) is 21.1. The quantitative estimate of drug-likeness (QED) is 0.522. The van der Waals surface area contributed by atoms with Gasteiger partial charge in [-0.05, 0) is 67.5 Å². The number of amides is 1. The molecule has 0 saturated heterocycles. The lowest BCUT2D eigenvalue weighted by atomic mass is 9.82. The maximum absolute atomic E-state index is 13.8. The minimum Gasteiger partial charge on any atom is -0.490 e. The van der Waals surface area contributed by atoms with Crippen molar-refractivity contribution in [3.8, 4) is 5.75 Å². The molecule has 1 aliphatic rings. The van der Waals surface area contributed by atoms with Crippen molar-refractivity contribution in [2.24, 2.45) is 17.8 Å². The highest BCUT2D eigenvalue weighted by atomic mass is 19.1. The van der Waals surface area contributed by atoms with Gasteiger partial charge in [0.2, 0.25) is 5.91 Å². The summed E-state index contributed by atoms with van der Waals surface area (Å²) in [6, 6.07) is 13.6. The summed E-state index contributed by atoms with van der Waals surface area (Å²) >= 11 is 0. The first-order valence-electron chi connectivity index (χ1n) is 10.8. The number of hydrogen-bond acceptors (Lipinski definition) is 4. The first-order valence-corrected chi connectivity index (χ1v) is 10.8. The van der Waals surface area contributed by atoms with Gasteiger partial charge in [-0.2, -0.15) is 0 Å². The van der Waals surface area contributed by atoms with E-state index in [-0.39, 0.29) is 29.7 Å². The molecule has 2 aromatic carbocycles. The number of ether oxygens (including phenoxy) is 1. The van der Waals surface area contributed by atoms with E-state index in [2.05, 4.69) is 17.2 Å². The van der Waals surface area contributed by atoms with Gasteiger partial charge in [0, 0.05) is 17.5 Å². The van der Waals surface area contributed by atoms with Crippen molar-refractivity contribution in [2.75, 3.05) is 11.1 Å². The highest BCUT2D eigenvalue weighted by Crippen LogP contribution is 2.41. The van der Waals surface area contributed by atoms with Gasteiger partial charge in [0.25, 0.3) is 0 Å². The van der Waals surface area contributed by atoms with Crippen molar-refractivity contribution >= 4 is 28.2 Å². The summed E-state index contributed by atoms with van der Waals surface area (Å²) in [5.41, 5.74) is 7.90. The lowest BCUT2D eigenvalue weighted by molar-refractivity contribution is -0.122. The second-order valence-electron chi connectivity index (χ2n) is 8.41. The normalized spacial score (nSPS) is 21.7. The molecule has 1 aromatic heterocycles. The molecule has 31 heavy (non-hydrogen) atoms. The fourth-order valence-corrected chi connectivity index (χ4v) is 4.77. The van der Waals surface area contributed by atoms with Gasteiger partial charge < -0.3 is 15.8 Å². The molecule has 4 unspecified atom stereocenters. The van der Waals surface area contributed by atoms with E-state index in [4.69, 9.17) is 10.5 Å². The molecule has 0 aliphatic heterocycles. The zero-order valence-corrected chi connectivity index (χ0v) is 17.8. The van der Waals surface area contributed by atoms with Crippen LogP contribution in [-0.4, -0.2) is 17.0 Å². The molecule has 162 valence electrons. The third kappa shape index (κ3) is 4.48. The van der Waals surface area contributed by atoms with E-state index in [1.165, 1.54) is 12.1 Å². The molecule has 1 aliphatic carbocycles. The second kappa shape index (κ2) is 8.92. The van der Waals surface area contributed by atoms with Crippen LogP contribution in [0.4, 0.5) is 15.8 Å². The first-order chi connectivity index (χ1) is 15.0. The van der Waals surface area contributed by atoms with E-state index in [1.807, 2.05) is 25.1 Å². The number of nitrogens with zero attached hydrogens (tertiary/aromatic N) is 1. The third-order valence-corrected chi connectivity index (χ3v) is 6.37. The summed E-state index contributed by atoms with van der Waals surface area (Å²) in [4.78, 5) is 17.3. The van der Waals surface area contributed by atoms with Crippen LogP contribution < -0.4 is 15.8 Å². The highest BCUT2D eigenvalue weighted by Gasteiger charge is 2.40. The van der Waals surface area contributed by atoms with Gasteiger partial charge in [-0.15, -0.1) is 0 Å². The average Bonchev–Trinajstić information content (AvgIpc) is 3.10. The van der Waals surface area contributed by atoms with Crippen molar-refractivity contribution in [1.29, 1.82) is 0 Å². The Morgan fingerprint density at radius 2 is 2.06 bits per heavy atom. The number of fused-ring (bicyclic) bond motifs is 1. The van der Waals surface area contributed by atoms with E-state index < -0.39 is 0 Å². The highest BCUT2D eigenvalue weighted by molar-refractivity contribution is 5.95. The predicted octanol–water partition coefficient (Wildman–Crippen LogP) is 5.41. The number of para-hydroxylation sites is 2. The molecule has 4 atom stereocenters. The fourth-order valence-electron chi connectivity index (χ4n) is 4.77. The topological polar surface area (TPSA) is 77.2 Å². The Hall–Kier alpha value is -3.15. The number of nitrogens with two attached hydrogens (primary N) is 1. The molecule has 1 saturated carbocycles. The van der Waals surface area contributed by atoms with Crippen LogP contribution in [0.5, 0.6) is 5.75 Å². The number of aromatic nitrogens is 1. The number of anilines is 2. The molecule has 0 bridgehead atoms. The Balaban J connectivity index is 1.48. The minimum absolute atomic E-state index is 0.00525. The summed E-state index contributed by atoms with van der Waals surface area (Å²) in [5, 5.41) is 3.67. The standard InChI is InChI=1S/C25H28FN3O2/c1-3-18(25(30)29-23-7-5-4-6-21(23)27)19-14-17(12-15(19)2)31-24-10-11-28-22-9-8-16(26)13-20(22)24/h4-11,13,15,17-19H,3,12,14,27H2,1-2H3,(H,29,30). The fraction of sp³-hybridized carbons (Fsp3) is 0.360. The summed E-state index contributed by atoms with van der Waals surface area (Å²) in [6.45, 7) is 4.21. The molecule has 5 nitrogen and oxygen atoms in total. The van der Waals surface area contributed by atoms with Crippen molar-refractivity contribution in [3.05, 3.63) is 60.5 Å². The van der Waals surface area contributed by atoms with Crippen LogP contribution in [0.3, 0.4) is 0 Å². The minimum atomic E-state index is -0.314. The van der Waals surface area contributed by atoms with Gasteiger partial charge >= 0.3 is 0 Å². The Morgan fingerprint density at radius 1 is 1.26 bits per heavy atom. The molecule has 1 fully saturated rings. The molecule has 4 rings (SSSR count). The van der Waals surface area contributed by atoms with Crippen molar-refractivity contribution < 1.29 is 13.9 Å². The second-order valence-corrected chi connectivity index (χ2v) is 8.41. The molecule has 0 spiro atoms. The number of benzene rings is 2. The molecular formula is C25H28FN3O2. The number of pyridine rings is 1. The van der Waals surface area contributed by atoms with Crippen LogP contribution in [0.1, 0.15) is 33.1 Å². The van der Waals surface area contributed by atoms with E-state index in [9.17, 15) is 9.18 Å². The largest absolute Gasteiger partial charge is 0.490 e. The number of carbonyl (C=O) groups excluding carboxylic acids is 1. The summed E-state index contributed by atoms with van der Waals surface area (Å²) < 4.78 is 20.1. The molecule has 1 amide bonds. The van der Waals surface area contributed by atoms with Crippen LogP contribution in [0.2, 0.25) is 0 Å². The number of carbonyl (C=O) groups is 1. The van der Waals surface area contributed by atoms with Crippen LogP contribution in [0.25, 0.3) is 10.9 Å². The van der Waals surface area contributed by atoms with Gasteiger partial charge in [-0.25, -0.2) is 4.39 Å². The number of rotatable bonds is 6. The maximum atomic E-state index is 13.8. The molecule has 3 aromatic rings. The monoisotopic (exact) mass is 421 g/mol. The van der Waals surface area contributed by atoms with Gasteiger partial charge in [-0.3, -0.25) is 9.78 Å². The van der Waals surface area contributed by atoms with Crippen molar-refractivity contribution in [2.45, 2.75) is 39.2 Å². The van der Waals surface area contributed by atoms with E-state index in [1.54, 1.807) is 24.4 Å². The van der Waals surface area contributed by atoms with Crippen molar-refractivity contribution in [1.82, 2.24) is 4.98 Å². The molecule has 3 N–H and O–H groups in total. The zero-order chi connectivity index (χ0) is 22.0. The van der Waals surface area contributed by atoms with Gasteiger partial charge in [0.05, 0.1) is 23.0 Å². The van der Waals surface area contributed by atoms with Crippen LogP contribution in [-0.2, 0) is 4.79 Å². The Labute approximate surface area is 181 Å². The molecule has 6 heteroatoms. The van der Waals surface area contributed by atoms with Gasteiger partial charge in [0.15, 0.2) is 0 Å². The Bertz CT molecular complexity index is 1090. The number of halogens is 1. The molecular weight excluding hydrogens is 393 g/mol. The zero-order valence-electron chi connectivity index (χ0n) is 17.8. The summed E-state index contributed by atoms with van der Waals surface area (Å²) in [7, 11) is 0. The van der Waals surface area contributed by atoms with Crippen LogP contribution >= 0.6 is 0 Å². The van der Waals surface area contributed by atoms with Gasteiger partial charge in [-0.1, -0.05) is 26.0 Å². The predicted molar refractivity (Wildman–Crippen MR) is 121 cm³/mol. The molecule has 1 heterocycles. The van der Waals surface area contributed by atoms with E-state index in [0.29, 0.717) is 33.9 Å². The van der Waals surface area contributed by atoms with E-state index in [0.717, 1.165) is 19.3 Å². The van der Waals surface area contributed by atoms with Crippen molar-refractivity contribution in [3.63, 3.8) is 0 Å². The average molecular weight is 422 g/mol. The third-order valence-electron chi connectivity index (χ3n) is 6.37. The SMILES string of the molecule is CCC(C(=O)Nc1ccccc1N)C1CC(Oc2ccnc3ccc(F)cc23)CC1C. The maximum Gasteiger partial charge on any atom is 0.227 e. The van der Waals surface area contributed by atoms with E-state index >= 15 is 0 Å². The molecule has 0 radical (unpaired) electrons. The smallest absolute Gasteiger partial charge is 0.227 e. The number of nitrogen functional groups attached to an aromatic ring is 1. The van der Waals surface area contributed by atoms with Crippen LogP contribution in [0.15, 0.2) is 54.7 Å². The lowest BCUT2D eigenvalue weighted by Crippen LogP contribution is -2.30. The number of nitrogens with one attached hydrogen (secondary N) is 1.